The molecule has 1 atom stereocenters. The lowest BCUT2D eigenvalue weighted by Gasteiger charge is -2.17. The number of halogens is 2. The van der Waals surface area contributed by atoms with Crippen LogP contribution in [-0.4, -0.2) is 35.7 Å². The minimum atomic E-state index is -0.624. The van der Waals surface area contributed by atoms with Crippen LogP contribution >= 0.6 is 11.6 Å². The van der Waals surface area contributed by atoms with E-state index < -0.39 is 30.1 Å². The van der Waals surface area contributed by atoms with Crippen molar-refractivity contribution in [1.82, 2.24) is 4.90 Å². The van der Waals surface area contributed by atoms with Crippen LogP contribution in [0, 0.1) is 11.7 Å². The Kier molecular flexibility index (Phi) is 5.86. The number of likely N-dealkylation sites (tertiary alicyclic amines) is 1. The second-order valence-corrected chi connectivity index (χ2v) is 6.71. The summed E-state index contributed by atoms with van der Waals surface area (Å²) in [6.45, 7) is 0.0874. The van der Waals surface area contributed by atoms with E-state index in [1.54, 1.807) is 17.0 Å². The number of hydrogen-bond acceptors (Lipinski definition) is 4. The first-order chi connectivity index (χ1) is 12.9. The maximum absolute atomic E-state index is 12.9. The number of rotatable bonds is 6. The predicted molar refractivity (Wildman–Crippen MR) is 96.7 cm³/mol. The number of carbonyl (C=O) groups excluding carboxylic acids is 3. The first-order valence-electron chi connectivity index (χ1n) is 8.40. The molecular formula is C20H17ClFNO4. The van der Waals surface area contributed by atoms with Crippen LogP contribution in [0.3, 0.4) is 0 Å². The second kappa shape index (κ2) is 8.31. The summed E-state index contributed by atoms with van der Waals surface area (Å²) in [5.41, 5.74) is 1.06. The number of Topliss-reactive ketones (excluding diaryl/α,β-unsaturated/α-hetero) is 1. The zero-order chi connectivity index (χ0) is 19.4. The van der Waals surface area contributed by atoms with E-state index >= 15 is 0 Å². The number of ketones is 1. The molecule has 1 amide bonds. The molecule has 27 heavy (non-hydrogen) atoms. The molecule has 1 heterocycles. The van der Waals surface area contributed by atoms with Crippen molar-refractivity contribution in [2.75, 3.05) is 13.2 Å². The fourth-order valence-corrected chi connectivity index (χ4v) is 3.08. The molecule has 7 heteroatoms. The molecular weight excluding hydrogens is 373 g/mol. The summed E-state index contributed by atoms with van der Waals surface area (Å²) in [5, 5.41) is 0.557. The fourth-order valence-electron chi connectivity index (χ4n) is 2.89. The number of esters is 1. The lowest BCUT2D eigenvalue weighted by molar-refractivity contribution is -0.147. The van der Waals surface area contributed by atoms with E-state index in [-0.39, 0.29) is 24.4 Å². The van der Waals surface area contributed by atoms with Crippen molar-refractivity contribution in [3.05, 3.63) is 70.5 Å². The van der Waals surface area contributed by atoms with Gasteiger partial charge in [-0.1, -0.05) is 29.8 Å². The number of carbonyl (C=O) groups is 3. The van der Waals surface area contributed by atoms with Crippen LogP contribution in [0.25, 0.3) is 0 Å². The number of ether oxygens (including phenoxy) is 1. The fraction of sp³-hybridized carbons (Fsp3) is 0.250. The zero-order valence-corrected chi connectivity index (χ0v) is 15.1. The van der Waals surface area contributed by atoms with Gasteiger partial charge in [0.2, 0.25) is 5.91 Å². The van der Waals surface area contributed by atoms with E-state index in [9.17, 15) is 18.8 Å². The third-order valence-corrected chi connectivity index (χ3v) is 4.75. The van der Waals surface area contributed by atoms with E-state index in [2.05, 4.69) is 0 Å². The van der Waals surface area contributed by atoms with Gasteiger partial charge in [-0.3, -0.25) is 14.4 Å². The standard InChI is InChI=1S/C20H17ClFNO4/c21-17-4-2-1-3-14(17)10-23-11-15(9-19(23)25)20(26)27-12-18(24)13-5-7-16(22)8-6-13/h1-8,15H,9-12H2/t15-/m0/s1. The maximum atomic E-state index is 12.9. The molecule has 0 N–H and O–H groups in total. The van der Waals surface area contributed by atoms with Crippen LogP contribution in [0.5, 0.6) is 0 Å². The summed E-state index contributed by atoms with van der Waals surface area (Å²) in [6, 6.07) is 12.2. The first-order valence-corrected chi connectivity index (χ1v) is 8.78. The van der Waals surface area contributed by atoms with Crippen molar-refractivity contribution in [2.24, 2.45) is 5.92 Å². The van der Waals surface area contributed by atoms with Gasteiger partial charge in [-0.2, -0.15) is 0 Å². The van der Waals surface area contributed by atoms with Crippen LogP contribution in [0.4, 0.5) is 4.39 Å². The molecule has 1 aliphatic rings. The molecule has 0 aromatic heterocycles. The molecule has 0 saturated carbocycles. The van der Waals surface area contributed by atoms with Crippen LogP contribution in [0.2, 0.25) is 5.02 Å². The van der Waals surface area contributed by atoms with Gasteiger partial charge in [0.15, 0.2) is 12.4 Å². The second-order valence-electron chi connectivity index (χ2n) is 6.30. The normalized spacial score (nSPS) is 16.4. The molecule has 0 aliphatic carbocycles. The highest BCUT2D eigenvalue weighted by Gasteiger charge is 2.35. The molecule has 1 fully saturated rings. The molecule has 0 radical (unpaired) electrons. The average Bonchev–Trinajstić information content (AvgIpc) is 3.02. The molecule has 2 aromatic rings. The van der Waals surface area contributed by atoms with Crippen molar-refractivity contribution in [2.45, 2.75) is 13.0 Å². The highest BCUT2D eigenvalue weighted by atomic mass is 35.5. The van der Waals surface area contributed by atoms with Crippen LogP contribution in [-0.2, 0) is 20.9 Å². The molecule has 0 bridgehead atoms. The van der Waals surface area contributed by atoms with E-state index in [0.29, 0.717) is 11.6 Å². The molecule has 0 unspecified atom stereocenters. The largest absolute Gasteiger partial charge is 0.457 e. The summed E-state index contributed by atoms with van der Waals surface area (Å²) in [6.07, 6.45) is 0.0357. The van der Waals surface area contributed by atoms with E-state index in [0.717, 1.165) is 17.7 Å². The Labute approximate surface area is 160 Å². The summed E-state index contributed by atoms with van der Waals surface area (Å²) >= 11 is 6.11. The Morgan fingerprint density at radius 1 is 1.15 bits per heavy atom. The van der Waals surface area contributed by atoms with Crippen molar-refractivity contribution >= 4 is 29.3 Å². The minimum absolute atomic E-state index is 0.0357. The number of benzene rings is 2. The molecule has 3 rings (SSSR count). The van der Waals surface area contributed by atoms with E-state index in [4.69, 9.17) is 16.3 Å². The predicted octanol–water partition coefficient (Wildman–Crippen LogP) is 3.25. The molecule has 1 aliphatic heterocycles. The van der Waals surface area contributed by atoms with Crippen LogP contribution < -0.4 is 0 Å². The van der Waals surface area contributed by atoms with Crippen molar-refractivity contribution in [3.8, 4) is 0 Å². The zero-order valence-electron chi connectivity index (χ0n) is 14.4. The van der Waals surface area contributed by atoms with Crippen molar-refractivity contribution < 1.29 is 23.5 Å². The topological polar surface area (TPSA) is 63.7 Å². The summed E-state index contributed by atoms with van der Waals surface area (Å²) < 4.78 is 17.9. The third-order valence-electron chi connectivity index (χ3n) is 4.38. The van der Waals surface area contributed by atoms with Crippen LogP contribution in [0.1, 0.15) is 22.3 Å². The Hall–Kier alpha value is -2.73. The van der Waals surface area contributed by atoms with E-state index in [1.165, 1.54) is 12.1 Å². The van der Waals surface area contributed by atoms with Gasteiger partial charge in [0, 0.05) is 30.1 Å². The Balaban J connectivity index is 1.53. The first kappa shape index (κ1) is 19.0. The summed E-state index contributed by atoms with van der Waals surface area (Å²) in [5.74, 6) is -2.27. The van der Waals surface area contributed by atoms with Gasteiger partial charge in [0.1, 0.15) is 5.82 Å². The molecule has 0 spiro atoms. The number of hydrogen-bond donors (Lipinski definition) is 0. The summed E-state index contributed by atoms with van der Waals surface area (Å²) in [7, 11) is 0. The molecule has 2 aromatic carbocycles. The third kappa shape index (κ3) is 4.71. The van der Waals surface area contributed by atoms with Gasteiger partial charge < -0.3 is 9.64 Å². The quantitative estimate of drug-likeness (QED) is 0.562. The smallest absolute Gasteiger partial charge is 0.311 e. The van der Waals surface area contributed by atoms with Gasteiger partial charge in [0.25, 0.3) is 0 Å². The molecule has 140 valence electrons. The number of amides is 1. The Bertz CT molecular complexity index is 869. The van der Waals surface area contributed by atoms with Gasteiger partial charge in [-0.25, -0.2) is 4.39 Å². The van der Waals surface area contributed by atoms with Gasteiger partial charge in [-0.05, 0) is 35.9 Å². The Morgan fingerprint density at radius 2 is 1.85 bits per heavy atom. The van der Waals surface area contributed by atoms with Gasteiger partial charge >= 0.3 is 5.97 Å². The maximum Gasteiger partial charge on any atom is 0.311 e. The summed E-state index contributed by atoms with van der Waals surface area (Å²) in [4.78, 5) is 37.9. The number of nitrogens with zero attached hydrogens (tertiary/aromatic N) is 1. The highest BCUT2D eigenvalue weighted by molar-refractivity contribution is 6.31. The van der Waals surface area contributed by atoms with E-state index in [1.807, 2.05) is 12.1 Å². The van der Waals surface area contributed by atoms with Gasteiger partial charge in [0.05, 0.1) is 5.92 Å². The molecule has 1 saturated heterocycles. The van der Waals surface area contributed by atoms with Crippen molar-refractivity contribution in [1.29, 1.82) is 0 Å². The Morgan fingerprint density at radius 3 is 2.56 bits per heavy atom. The monoisotopic (exact) mass is 389 g/mol. The lowest BCUT2D eigenvalue weighted by Crippen LogP contribution is -2.27. The van der Waals surface area contributed by atoms with Gasteiger partial charge in [-0.15, -0.1) is 0 Å². The van der Waals surface area contributed by atoms with Crippen molar-refractivity contribution in [3.63, 3.8) is 0 Å². The lowest BCUT2D eigenvalue weighted by atomic mass is 10.1. The highest BCUT2D eigenvalue weighted by Crippen LogP contribution is 2.24. The minimum Gasteiger partial charge on any atom is -0.457 e. The average molecular weight is 390 g/mol. The molecule has 5 nitrogen and oxygen atoms in total. The SMILES string of the molecule is O=C(COC(=O)[C@H]1CC(=O)N(Cc2ccccc2Cl)C1)c1ccc(F)cc1. The van der Waals surface area contributed by atoms with Crippen LogP contribution in [0.15, 0.2) is 48.5 Å².